The number of benzene rings is 5. The second kappa shape index (κ2) is 82.0. The number of rotatable bonds is 49. The van der Waals surface area contributed by atoms with Gasteiger partial charge < -0.3 is 123 Å². The van der Waals surface area contributed by atoms with Crippen molar-refractivity contribution < 1.29 is 171 Å². The Morgan fingerprint density at radius 1 is 0.311 bits per heavy atom. The largest absolute Gasteiger partial charge is 0.508 e. The first-order valence-electron chi connectivity index (χ1n) is 45.0. The highest BCUT2D eigenvalue weighted by Crippen LogP contribution is 2.15. The van der Waals surface area contributed by atoms with E-state index in [2.05, 4.69) is 14.2 Å². The molecule has 0 aliphatic carbocycles. The zero-order valence-electron chi connectivity index (χ0n) is 79.3. The predicted molar refractivity (Wildman–Crippen MR) is 488 cm³/mol. The summed E-state index contributed by atoms with van der Waals surface area (Å²) >= 11 is 0. The van der Waals surface area contributed by atoms with Crippen LogP contribution in [0.1, 0.15) is 178 Å². The summed E-state index contributed by atoms with van der Waals surface area (Å²) in [5, 5.41) is 0. The average molecular weight is 1910 g/mol. The number of hydrogen-bond acceptors (Lipinski definition) is 36. The molecule has 36 nitrogen and oxygen atoms in total. The molecule has 0 spiro atoms. The fourth-order valence-electron chi connectivity index (χ4n) is 10.8. The minimum atomic E-state index is -0.814. The molecule has 5 aromatic rings. The van der Waals surface area contributed by atoms with Crippen molar-refractivity contribution in [1.29, 1.82) is 0 Å². The number of methoxy groups -OCH3 is 4. The van der Waals surface area contributed by atoms with Crippen LogP contribution in [0.4, 0.5) is 24.0 Å². The van der Waals surface area contributed by atoms with Gasteiger partial charge in [-0.3, -0.25) is 19.2 Å². The van der Waals surface area contributed by atoms with E-state index in [0.717, 1.165) is 79.2 Å². The third kappa shape index (κ3) is 73.6. The third-order valence-electron chi connectivity index (χ3n) is 18.0. The molecular weight excluding hydrogens is 1770 g/mol. The van der Waals surface area contributed by atoms with Crippen LogP contribution in [-0.4, -0.2) is 256 Å². The first-order chi connectivity index (χ1) is 65.4. The quantitative estimate of drug-likeness (QED) is 0.0151. The average Bonchev–Trinajstić information content (AvgIpc) is 1.32. The zero-order chi connectivity index (χ0) is 98.6. The molecule has 0 radical (unpaired) electrons. The fraction of sp³-hybridized carbons (Fsp3) is 0.556. The molecule has 0 N–H and O–H groups in total. The molecule has 5 aromatic carbocycles. The normalized spacial score (nSPS) is 14.1. The number of Topliss-reactive ketones (excluding diaryl/α,β-unsaturated/α-hetero) is 4. The van der Waals surface area contributed by atoms with Gasteiger partial charge in [0.25, 0.3) is 0 Å². The smallest absolute Gasteiger partial charge is 0.466 e. The second-order valence-electron chi connectivity index (χ2n) is 30.2. The number of esters is 4. The number of hydrogen-bond donors (Lipinski definition) is 0. The van der Waals surface area contributed by atoms with E-state index in [1.165, 1.54) is 13.8 Å². The van der Waals surface area contributed by atoms with E-state index >= 15 is 0 Å². The number of carbonyl (C=O) groups is 13. The van der Waals surface area contributed by atoms with E-state index in [-0.39, 0.29) is 150 Å². The number of carbonyl (C=O) groups excluding carboxylic acids is 13. The van der Waals surface area contributed by atoms with Gasteiger partial charge in [-0.1, -0.05) is 152 Å². The Kier molecular flexibility index (Phi) is 72.7. The summed E-state index contributed by atoms with van der Waals surface area (Å²) in [7, 11) is 6.23. The van der Waals surface area contributed by atoms with Crippen LogP contribution < -0.4 is 0 Å². The lowest BCUT2D eigenvalue weighted by molar-refractivity contribution is -0.157. The monoisotopic (exact) mass is 1900 g/mol. The summed E-state index contributed by atoms with van der Waals surface area (Å²) in [4.78, 5) is 140. The van der Waals surface area contributed by atoms with Crippen LogP contribution in [0.25, 0.3) is 0 Å². The van der Waals surface area contributed by atoms with Crippen LogP contribution in [0.2, 0.25) is 0 Å². The minimum absolute atomic E-state index is 0.0218. The van der Waals surface area contributed by atoms with Gasteiger partial charge in [-0.2, -0.15) is 4.79 Å². The van der Waals surface area contributed by atoms with E-state index in [1.54, 1.807) is 48.7 Å². The summed E-state index contributed by atoms with van der Waals surface area (Å²) in [5.41, 5.74) is 5.21. The van der Waals surface area contributed by atoms with Crippen LogP contribution in [0.15, 0.2) is 152 Å². The van der Waals surface area contributed by atoms with Crippen molar-refractivity contribution >= 4 is 77.8 Å². The highest BCUT2D eigenvalue weighted by Gasteiger charge is 2.24. The molecule has 4 unspecified atom stereocenters. The van der Waals surface area contributed by atoms with E-state index in [9.17, 15) is 62.3 Å². The molecular formula is C99H139O36+. The zero-order valence-corrected chi connectivity index (χ0v) is 79.3. The van der Waals surface area contributed by atoms with Crippen molar-refractivity contribution in [2.75, 3.05) is 147 Å². The first-order valence-corrected chi connectivity index (χ1v) is 45.0. The molecule has 5 heterocycles. The Morgan fingerprint density at radius 3 is 0.919 bits per heavy atom. The second-order valence-corrected chi connectivity index (χ2v) is 30.2. The van der Waals surface area contributed by atoms with Crippen LogP contribution >= 0.6 is 0 Å². The van der Waals surface area contributed by atoms with E-state index in [1.807, 2.05) is 152 Å². The number of unbranched alkanes of at least 4 members (excludes halogenated alkanes) is 3. The van der Waals surface area contributed by atoms with Gasteiger partial charge in [-0.25, -0.2) is 24.0 Å². The van der Waals surface area contributed by atoms with Crippen molar-refractivity contribution in [3.8, 4) is 0 Å². The van der Waals surface area contributed by atoms with Crippen molar-refractivity contribution in [3.63, 3.8) is 0 Å². The SMILES string of the molecule is COCC(COC(=O)OCCC(C)=O)OCc1ccccc1.COCC(COC(=O)OCCCC(C)=O)OCc1ccccc1.COCC(COC(=O)OCCCCC(C)=O)OCc1ccccc1.COCC(COC(=O)OCCCCCC(C)=O)OCc1ccccc1.O=C1CCCCCO1.O=C1CCCCO1.O=C1CCO1.O=C1OCC(OCc2ccccc2)CO1.O=C1[CH+]CCO1. The van der Waals surface area contributed by atoms with Gasteiger partial charge >= 0.3 is 54.7 Å². The maximum Gasteiger partial charge on any atom is 0.508 e. The molecule has 135 heavy (non-hydrogen) atoms. The van der Waals surface area contributed by atoms with Gasteiger partial charge in [0.05, 0.1) is 98.9 Å². The first kappa shape index (κ1) is 120. The lowest BCUT2D eigenvalue weighted by atomic mass is 10.1. The van der Waals surface area contributed by atoms with E-state index in [4.69, 9.17) is 94.7 Å². The standard InChI is InChI=1S/C19H28O6.C18H26O6.C17H24O6.C16H22O6.C11H12O4.C6H10O2.C5H8O2.C4H5O2.C3H4O2/c1-16(20)9-5-4-8-12-23-19(21)25-15-18(14-22-2)24-13-17-10-6-3-7-11-17;1-15(19)8-6-7-11-22-18(20)24-14-17(13-21-2)23-12-16-9-4-3-5-10-16;1-14(18)7-6-10-21-17(19)23-13-16(12-20-2)22-11-15-8-4-3-5-9-15;1-13(17)8-9-20-16(18)22-12-15(11-19-2)21-10-14-6-4-3-5-7-14;12-11-14-7-10(8-15-11)13-6-9-4-2-1-3-5-9;7-6-4-2-1-3-5-8-6;6-5-3-1-2-4-7-5;5-4-2-1-3-6-4;4-3-1-2-5-3/h3,6-7,10-11,18H,4-5,8-9,12-15H2,1-2H3;3-5,9-10,17H,6-8,11-14H2,1-2H3;3-5,8-9,16H,6-7,10-13H2,1-2H3;3-7,15H,8-12H2,1-2H3;1-5,10H,6-8H2;1-5H2;1-4H2;2H,1,3H2;1-2H2/q;;;;;;;+1;. The van der Waals surface area contributed by atoms with Crippen LogP contribution in [0, 0.1) is 6.42 Å². The molecule has 4 atom stereocenters. The Balaban J connectivity index is 0.000000535. The lowest BCUT2D eigenvalue weighted by Crippen LogP contribution is -2.33. The summed E-state index contributed by atoms with van der Waals surface area (Å²) in [6, 6.07) is 48.7. The maximum absolute atomic E-state index is 11.6. The molecule has 5 aliphatic rings. The van der Waals surface area contributed by atoms with Gasteiger partial charge in [0, 0.05) is 67.0 Å². The van der Waals surface area contributed by atoms with E-state index < -0.39 is 30.8 Å². The van der Waals surface area contributed by atoms with Crippen LogP contribution in [0.3, 0.4) is 0 Å². The number of cyclic esters (lactones) is 6. The van der Waals surface area contributed by atoms with Crippen molar-refractivity contribution in [3.05, 3.63) is 186 Å². The van der Waals surface area contributed by atoms with Crippen molar-refractivity contribution in [1.82, 2.24) is 0 Å². The third-order valence-corrected chi connectivity index (χ3v) is 18.0. The summed E-state index contributed by atoms with van der Waals surface area (Å²) in [5.74, 6) is 0.0389. The Bertz CT molecular complexity index is 3910. The molecule has 0 bridgehead atoms. The van der Waals surface area contributed by atoms with Gasteiger partial charge in [-0.15, -0.1) is 0 Å². The highest BCUT2D eigenvalue weighted by molar-refractivity contribution is 5.80. The Hall–Kier alpha value is -11.5. The topological polar surface area (TPSA) is 434 Å². The summed E-state index contributed by atoms with van der Waals surface area (Å²) in [6.07, 6.45) is 10.1. The predicted octanol–water partition coefficient (Wildman–Crippen LogP) is 15.4. The number of ketones is 4. The van der Waals surface area contributed by atoms with Gasteiger partial charge in [0.15, 0.2) is 6.42 Å². The van der Waals surface area contributed by atoms with Gasteiger partial charge in [0.1, 0.15) is 120 Å². The molecule has 5 saturated heterocycles. The van der Waals surface area contributed by atoms with Crippen molar-refractivity contribution in [2.45, 2.75) is 213 Å². The summed E-state index contributed by atoms with van der Waals surface area (Å²) < 4.78 is 116. The molecule has 5 fully saturated rings. The molecule has 10 rings (SSSR count). The van der Waals surface area contributed by atoms with Crippen LogP contribution in [-0.2, 0) is 180 Å². The van der Waals surface area contributed by atoms with Gasteiger partial charge in [0.2, 0.25) is 0 Å². The highest BCUT2D eigenvalue weighted by atomic mass is 16.8. The fourth-order valence-corrected chi connectivity index (χ4v) is 10.8. The Labute approximate surface area is 792 Å². The van der Waals surface area contributed by atoms with Gasteiger partial charge in [-0.05, 0) is 126 Å². The molecule has 0 amide bonds. The minimum Gasteiger partial charge on any atom is -0.466 e. The molecule has 750 valence electrons. The molecule has 5 aliphatic heterocycles. The maximum atomic E-state index is 11.6. The molecule has 36 heteroatoms. The lowest BCUT2D eigenvalue weighted by Gasteiger charge is -2.21. The van der Waals surface area contributed by atoms with Crippen molar-refractivity contribution in [2.24, 2.45) is 0 Å². The van der Waals surface area contributed by atoms with E-state index in [0.29, 0.717) is 150 Å². The Morgan fingerprint density at radius 2 is 0.615 bits per heavy atom. The molecule has 0 saturated carbocycles. The van der Waals surface area contributed by atoms with Crippen LogP contribution in [0.5, 0.6) is 0 Å². The molecule has 0 aromatic heterocycles. The summed E-state index contributed by atoms with van der Waals surface area (Å²) in [6.45, 7) is 13.4. The number of ether oxygens (including phenoxy) is 23.